The molecule has 29 heavy (non-hydrogen) atoms. The summed E-state index contributed by atoms with van der Waals surface area (Å²) < 4.78 is 0.804. The van der Waals surface area contributed by atoms with E-state index in [9.17, 15) is 29.3 Å². The number of nitro groups is 1. The number of primary amides is 1. The number of benzene rings is 1. The van der Waals surface area contributed by atoms with Crippen LogP contribution in [-0.4, -0.2) is 33.1 Å². The summed E-state index contributed by atoms with van der Waals surface area (Å²) in [6, 6.07) is 5.60. The number of nitrogens with zero attached hydrogens (tertiary/aromatic N) is 3. The van der Waals surface area contributed by atoms with E-state index in [4.69, 9.17) is 5.73 Å². The molecule has 2 aromatic rings. The predicted octanol–water partition coefficient (Wildman–Crippen LogP) is 1.04. The maximum absolute atomic E-state index is 12.7. The molecule has 1 aliphatic heterocycles. The molecular weight excluding hydrogens is 380 g/mol. The van der Waals surface area contributed by atoms with Crippen molar-refractivity contribution in [1.82, 2.24) is 4.57 Å². The second-order valence-electron chi connectivity index (χ2n) is 6.88. The second-order valence-corrected chi connectivity index (χ2v) is 6.88. The van der Waals surface area contributed by atoms with Crippen molar-refractivity contribution < 1.29 is 19.3 Å². The molecule has 1 aromatic heterocycles. The van der Waals surface area contributed by atoms with E-state index in [1.54, 1.807) is 17.0 Å². The molecule has 10 nitrogen and oxygen atoms in total. The molecule has 2 N–H and O–H groups in total. The number of Topliss-reactive ketones (excluding diaryl/α,β-unsaturated/α-hetero) is 1. The number of nitrogens with two attached hydrogens (primary N) is 1. The Morgan fingerprint density at radius 2 is 1.97 bits per heavy atom. The molecule has 1 atom stereocenters. The van der Waals surface area contributed by atoms with Gasteiger partial charge in [-0.25, -0.2) is 0 Å². The number of anilines is 1. The zero-order valence-electron chi connectivity index (χ0n) is 15.7. The molecule has 0 saturated heterocycles. The minimum atomic E-state index is -1.12. The summed E-state index contributed by atoms with van der Waals surface area (Å²) in [5.41, 5.74) is 4.99. The van der Waals surface area contributed by atoms with Gasteiger partial charge in [0.2, 0.25) is 5.91 Å². The molecule has 0 bridgehead atoms. The molecule has 0 aliphatic carbocycles. The molecular formula is C19H18N4O6. The lowest BCUT2D eigenvalue weighted by molar-refractivity contribution is -0.385. The monoisotopic (exact) mass is 398 g/mol. The first-order valence-electron chi connectivity index (χ1n) is 8.74. The summed E-state index contributed by atoms with van der Waals surface area (Å²) in [6.07, 6.45) is 1.48. The average Bonchev–Trinajstić information content (AvgIpc) is 2.97. The first-order valence-corrected chi connectivity index (χ1v) is 8.74. The van der Waals surface area contributed by atoms with Gasteiger partial charge in [0.05, 0.1) is 17.7 Å². The number of carbonyl (C=O) groups is 3. The molecule has 0 spiro atoms. The standard InChI is InChI=1S/C19H18N4O6/c1-10-5-13-6-12(3-4-16(13)22(10)11(2)24)17(25)9-21-8-14(23(28)29)7-15(18(20)26)19(21)27/h3-4,6-8,10H,5,9H2,1-2H3,(H2,20,26)/t10-/m1/s1. The Morgan fingerprint density at radius 1 is 1.28 bits per heavy atom. The van der Waals surface area contributed by atoms with Crippen LogP contribution in [-0.2, 0) is 17.8 Å². The fourth-order valence-electron chi connectivity index (χ4n) is 3.54. The van der Waals surface area contributed by atoms with Crippen LogP contribution in [0.2, 0.25) is 0 Å². The zero-order chi connectivity index (χ0) is 21.5. The van der Waals surface area contributed by atoms with Crippen LogP contribution in [0.3, 0.4) is 0 Å². The molecule has 10 heteroatoms. The summed E-state index contributed by atoms with van der Waals surface area (Å²) in [6.45, 7) is 2.87. The number of rotatable bonds is 5. The second kappa shape index (κ2) is 7.30. The Hall–Kier alpha value is -3.82. The van der Waals surface area contributed by atoms with Crippen LogP contribution in [0.4, 0.5) is 11.4 Å². The predicted molar refractivity (Wildman–Crippen MR) is 103 cm³/mol. The fraction of sp³-hybridized carbons (Fsp3) is 0.263. The van der Waals surface area contributed by atoms with Gasteiger partial charge < -0.3 is 15.2 Å². The molecule has 0 radical (unpaired) electrons. The topological polar surface area (TPSA) is 146 Å². The number of aromatic nitrogens is 1. The highest BCUT2D eigenvalue weighted by Gasteiger charge is 2.29. The maximum Gasteiger partial charge on any atom is 0.286 e. The van der Waals surface area contributed by atoms with Gasteiger partial charge in [0.15, 0.2) is 5.78 Å². The normalized spacial score (nSPS) is 15.1. The highest BCUT2D eigenvalue weighted by atomic mass is 16.6. The van der Waals surface area contributed by atoms with Gasteiger partial charge in [-0.05, 0) is 37.1 Å². The van der Waals surface area contributed by atoms with Crippen molar-refractivity contribution in [3.8, 4) is 0 Å². The Kier molecular flexibility index (Phi) is 5.02. The highest BCUT2D eigenvalue weighted by molar-refractivity contribution is 5.99. The minimum Gasteiger partial charge on any atom is -0.365 e. The van der Waals surface area contributed by atoms with Crippen LogP contribution in [0.5, 0.6) is 0 Å². The molecule has 0 fully saturated rings. The Morgan fingerprint density at radius 3 is 2.55 bits per heavy atom. The molecule has 2 amide bonds. The van der Waals surface area contributed by atoms with E-state index in [1.165, 1.54) is 13.0 Å². The lowest BCUT2D eigenvalue weighted by Gasteiger charge is -2.20. The van der Waals surface area contributed by atoms with Gasteiger partial charge in [0.25, 0.3) is 17.2 Å². The Balaban J connectivity index is 1.95. The number of amides is 2. The quantitative estimate of drug-likeness (QED) is 0.452. The van der Waals surface area contributed by atoms with Gasteiger partial charge in [0, 0.05) is 30.3 Å². The largest absolute Gasteiger partial charge is 0.365 e. The molecule has 150 valence electrons. The van der Waals surface area contributed by atoms with Gasteiger partial charge in [0.1, 0.15) is 5.56 Å². The first-order chi connectivity index (χ1) is 13.6. The van der Waals surface area contributed by atoms with E-state index in [0.29, 0.717) is 12.0 Å². The number of hydrogen-bond donors (Lipinski definition) is 1. The number of fused-ring (bicyclic) bond motifs is 1. The molecule has 0 unspecified atom stereocenters. The van der Waals surface area contributed by atoms with E-state index < -0.39 is 40.0 Å². The molecule has 2 heterocycles. The van der Waals surface area contributed by atoms with Gasteiger partial charge >= 0.3 is 0 Å². The third-order valence-corrected chi connectivity index (χ3v) is 4.82. The van der Waals surface area contributed by atoms with Gasteiger partial charge in [-0.2, -0.15) is 0 Å². The SMILES string of the molecule is CC(=O)N1c2ccc(C(=O)Cn3cc([N+](=O)[O-])cc(C(N)=O)c3=O)cc2C[C@H]1C. The number of ketones is 1. The van der Waals surface area contributed by atoms with Crippen molar-refractivity contribution in [3.63, 3.8) is 0 Å². The van der Waals surface area contributed by atoms with Gasteiger partial charge in [-0.15, -0.1) is 0 Å². The van der Waals surface area contributed by atoms with Crippen molar-refractivity contribution in [3.05, 3.63) is 67.6 Å². The molecule has 1 aromatic carbocycles. The summed E-state index contributed by atoms with van der Waals surface area (Å²) in [5, 5.41) is 11.1. The van der Waals surface area contributed by atoms with E-state index in [1.807, 2.05) is 6.92 Å². The van der Waals surface area contributed by atoms with E-state index in [0.717, 1.165) is 28.1 Å². The van der Waals surface area contributed by atoms with E-state index in [2.05, 4.69) is 0 Å². The summed E-state index contributed by atoms with van der Waals surface area (Å²) in [5.74, 6) is -1.69. The molecule has 3 rings (SSSR count). The average molecular weight is 398 g/mol. The maximum atomic E-state index is 12.7. The number of hydrogen-bond acceptors (Lipinski definition) is 6. The van der Waals surface area contributed by atoms with Crippen LogP contribution in [0.15, 0.2) is 35.3 Å². The lowest BCUT2D eigenvalue weighted by atomic mass is 10.0. The Bertz CT molecular complexity index is 1120. The molecule has 0 saturated carbocycles. The Labute approximate surface area is 164 Å². The third kappa shape index (κ3) is 3.64. The summed E-state index contributed by atoms with van der Waals surface area (Å²) in [4.78, 5) is 60.2. The van der Waals surface area contributed by atoms with Crippen molar-refractivity contribution >= 4 is 29.0 Å². The molecule has 1 aliphatic rings. The zero-order valence-corrected chi connectivity index (χ0v) is 15.7. The van der Waals surface area contributed by atoms with Crippen LogP contribution >= 0.6 is 0 Å². The smallest absolute Gasteiger partial charge is 0.286 e. The number of carbonyl (C=O) groups excluding carboxylic acids is 3. The van der Waals surface area contributed by atoms with Crippen molar-refractivity contribution in [2.24, 2.45) is 5.73 Å². The van der Waals surface area contributed by atoms with Crippen LogP contribution in [0, 0.1) is 10.1 Å². The van der Waals surface area contributed by atoms with Crippen molar-refractivity contribution in [2.45, 2.75) is 32.9 Å². The lowest BCUT2D eigenvalue weighted by Crippen LogP contribution is -2.33. The van der Waals surface area contributed by atoms with Crippen LogP contribution in [0.1, 0.15) is 40.1 Å². The van der Waals surface area contributed by atoms with Crippen molar-refractivity contribution in [2.75, 3.05) is 4.90 Å². The van der Waals surface area contributed by atoms with Crippen molar-refractivity contribution in [1.29, 1.82) is 0 Å². The fourth-order valence-corrected chi connectivity index (χ4v) is 3.54. The third-order valence-electron chi connectivity index (χ3n) is 4.82. The van der Waals surface area contributed by atoms with Gasteiger partial charge in [-0.3, -0.25) is 29.3 Å². The first kappa shape index (κ1) is 19.9. The summed E-state index contributed by atoms with van der Waals surface area (Å²) >= 11 is 0. The van der Waals surface area contributed by atoms with Crippen LogP contribution < -0.4 is 16.2 Å². The number of pyridine rings is 1. The summed E-state index contributed by atoms with van der Waals surface area (Å²) in [7, 11) is 0. The van der Waals surface area contributed by atoms with Crippen LogP contribution in [0.25, 0.3) is 0 Å². The van der Waals surface area contributed by atoms with E-state index in [-0.39, 0.29) is 11.9 Å². The van der Waals surface area contributed by atoms with E-state index >= 15 is 0 Å². The highest BCUT2D eigenvalue weighted by Crippen LogP contribution is 2.33. The minimum absolute atomic E-state index is 0.0367. The van der Waals surface area contributed by atoms with Gasteiger partial charge in [-0.1, -0.05) is 0 Å².